The highest BCUT2D eigenvalue weighted by Crippen LogP contribution is 2.16. The number of aliphatic carboxylic acids is 5. The minimum atomic E-state index is -2.26. The smallest absolute Gasteiger partial charge is 0.356 e. The lowest BCUT2D eigenvalue weighted by Gasteiger charge is -2.27. The maximum Gasteiger partial charge on any atom is 0.356 e. The third-order valence-corrected chi connectivity index (χ3v) is 8.18. The van der Waals surface area contributed by atoms with E-state index in [1.807, 2.05) is 0 Å². The number of amides is 7. The summed E-state index contributed by atoms with van der Waals surface area (Å²) in [6.45, 7) is 5.53. The van der Waals surface area contributed by atoms with Crippen molar-refractivity contribution in [2.24, 2.45) is 11.7 Å². The van der Waals surface area contributed by atoms with Gasteiger partial charge in [0.1, 0.15) is 42.0 Å². The molecule has 1 aromatic carbocycles. The van der Waals surface area contributed by atoms with E-state index in [-0.39, 0.29) is 23.7 Å². The van der Waals surface area contributed by atoms with Gasteiger partial charge in [-0.05, 0) is 43.4 Å². The normalized spacial score (nSPS) is 13.7. The van der Waals surface area contributed by atoms with Crippen molar-refractivity contribution in [1.82, 2.24) is 31.9 Å². The van der Waals surface area contributed by atoms with Crippen LogP contribution in [0.25, 0.3) is 0 Å². The van der Waals surface area contributed by atoms with Crippen LogP contribution in [0.5, 0.6) is 5.75 Å². The molecule has 0 saturated heterocycles. The molecule has 0 aliphatic rings. The highest BCUT2D eigenvalue weighted by atomic mass is 16.5. The van der Waals surface area contributed by atoms with Crippen molar-refractivity contribution >= 4 is 71.2 Å². The maximum absolute atomic E-state index is 13.8. The summed E-state index contributed by atoms with van der Waals surface area (Å²) in [7, 11) is 0. The van der Waals surface area contributed by atoms with Gasteiger partial charge in [0.2, 0.25) is 41.4 Å². The molecule has 1 rings (SSSR count). The SMILES string of the molecule is CC(=O)N[C@@H](CC(=O)O)C(=O)N[C@@H](C)C(=O)N[C@@H](CC(=O)O)C(=O)N[C@@H](CCC(=O)O)C(=O)N[C@@H](Cc1ccc(OC(C(=O)O)C(=O)O)cc1)C(=O)N[C@@H](CC(C)C)C(N)=O. The second-order valence-corrected chi connectivity index (χ2v) is 13.9. The number of rotatable bonds is 27. The van der Waals surface area contributed by atoms with E-state index in [0.717, 1.165) is 26.0 Å². The monoisotopic (exact) mass is 867 g/mol. The number of primary amides is 1. The molecule has 13 N–H and O–H groups in total. The molecule has 0 fully saturated rings. The Bertz CT molecular complexity index is 1810. The van der Waals surface area contributed by atoms with Crippen LogP contribution < -0.4 is 42.4 Å². The van der Waals surface area contributed by atoms with Crippen molar-refractivity contribution in [3.05, 3.63) is 29.8 Å². The van der Waals surface area contributed by atoms with Gasteiger partial charge in [-0.15, -0.1) is 0 Å². The van der Waals surface area contributed by atoms with Crippen LogP contribution >= 0.6 is 0 Å². The molecule has 0 saturated carbocycles. The second-order valence-electron chi connectivity index (χ2n) is 13.9. The van der Waals surface area contributed by atoms with E-state index >= 15 is 0 Å². The van der Waals surface area contributed by atoms with Crippen LogP contribution in [-0.4, -0.2) is 139 Å². The Kier molecular flexibility index (Phi) is 20.8. The number of hydrogen-bond acceptors (Lipinski definition) is 13. The van der Waals surface area contributed by atoms with Crippen molar-refractivity contribution in [1.29, 1.82) is 0 Å². The molecule has 0 spiro atoms. The molecule has 1 aromatic rings. The third-order valence-electron chi connectivity index (χ3n) is 8.18. The number of carboxylic acids is 5. The van der Waals surface area contributed by atoms with Gasteiger partial charge in [-0.3, -0.25) is 47.9 Å². The van der Waals surface area contributed by atoms with E-state index in [1.165, 1.54) is 12.1 Å². The quantitative estimate of drug-likeness (QED) is 0.0381. The van der Waals surface area contributed by atoms with Crippen LogP contribution in [0.1, 0.15) is 65.4 Å². The molecular formula is C36H49N7O18. The average Bonchev–Trinajstić information content (AvgIpc) is 3.13. The zero-order valence-electron chi connectivity index (χ0n) is 33.3. The van der Waals surface area contributed by atoms with Crippen LogP contribution in [0.3, 0.4) is 0 Å². The number of nitrogens with two attached hydrogens (primary N) is 1. The first-order chi connectivity index (χ1) is 28.3. The summed E-state index contributed by atoms with van der Waals surface area (Å²) in [5, 5.41) is 59.4. The largest absolute Gasteiger partial charge is 0.481 e. The molecule has 0 bridgehead atoms. The first-order valence-corrected chi connectivity index (χ1v) is 18.3. The van der Waals surface area contributed by atoms with Gasteiger partial charge in [0.15, 0.2) is 0 Å². The van der Waals surface area contributed by atoms with Gasteiger partial charge in [-0.25, -0.2) is 9.59 Å². The Labute approximate surface area is 346 Å². The predicted molar refractivity (Wildman–Crippen MR) is 203 cm³/mol. The number of carboxylic acid groups (broad SMARTS) is 5. The molecule has 7 amide bonds. The highest BCUT2D eigenvalue weighted by molar-refractivity contribution is 5.99. The number of carbonyl (C=O) groups excluding carboxylic acids is 7. The Morgan fingerprint density at radius 2 is 1.02 bits per heavy atom. The Hall–Kier alpha value is -7.34. The summed E-state index contributed by atoms with van der Waals surface area (Å²) in [6.07, 6.45) is -6.02. The van der Waals surface area contributed by atoms with Crippen molar-refractivity contribution in [2.75, 3.05) is 0 Å². The van der Waals surface area contributed by atoms with E-state index in [9.17, 15) is 67.7 Å². The molecule has 0 aliphatic carbocycles. The topological polar surface area (TPSA) is 413 Å². The molecule has 61 heavy (non-hydrogen) atoms. The Morgan fingerprint density at radius 1 is 0.574 bits per heavy atom. The molecule has 0 radical (unpaired) electrons. The lowest BCUT2D eigenvalue weighted by molar-refractivity contribution is -0.159. The minimum absolute atomic E-state index is 0.0661. The molecule has 336 valence electrons. The lowest BCUT2D eigenvalue weighted by Crippen LogP contribution is -2.60. The van der Waals surface area contributed by atoms with Crippen LogP contribution in [0.15, 0.2) is 24.3 Å². The van der Waals surface area contributed by atoms with Crippen LogP contribution in [0, 0.1) is 5.92 Å². The number of nitrogens with one attached hydrogen (secondary N) is 6. The number of benzene rings is 1. The van der Waals surface area contributed by atoms with E-state index in [4.69, 9.17) is 25.8 Å². The van der Waals surface area contributed by atoms with E-state index in [2.05, 4.69) is 31.9 Å². The van der Waals surface area contributed by atoms with Crippen molar-refractivity contribution in [3.8, 4) is 5.75 Å². The van der Waals surface area contributed by atoms with E-state index in [0.29, 0.717) is 0 Å². The molecular weight excluding hydrogens is 818 g/mol. The van der Waals surface area contributed by atoms with Gasteiger partial charge in [-0.1, -0.05) is 26.0 Å². The number of ether oxygens (including phenoxy) is 1. The second kappa shape index (κ2) is 24.6. The van der Waals surface area contributed by atoms with Crippen LogP contribution in [0.4, 0.5) is 0 Å². The third kappa shape index (κ3) is 19.3. The summed E-state index contributed by atoms with van der Waals surface area (Å²) in [6, 6.07) is -4.99. The highest BCUT2D eigenvalue weighted by Gasteiger charge is 2.34. The number of carbonyl (C=O) groups is 12. The van der Waals surface area contributed by atoms with Gasteiger partial charge in [0.25, 0.3) is 6.10 Å². The average molecular weight is 868 g/mol. The summed E-state index contributed by atoms with van der Waals surface area (Å²) in [5.41, 5.74) is 5.71. The van der Waals surface area contributed by atoms with Gasteiger partial charge in [0.05, 0.1) is 12.8 Å². The molecule has 0 aromatic heterocycles. The maximum atomic E-state index is 13.8. The number of hydrogen-bond donors (Lipinski definition) is 12. The molecule has 25 nitrogen and oxygen atoms in total. The van der Waals surface area contributed by atoms with Gasteiger partial charge < -0.3 is 67.9 Å². The Morgan fingerprint density at radius 3 is 1.48 bits per heavy atom. The first-order valence-electron chi connectivity index (χ1n) is 18.3. The molecule has 25 heteroatoms. The summed E-state index contributed by atoms with van der Waals surface area (Å²) in [4.78, 5) is 147. The summed E-state index contributed by atoms with van der Waals surface area (Å²) < 4.78 is 4.97. The van der Waals surface area contributed by atoms with Gasteiger partial charge >= 0.3 is 29.8 Å². The van der Waals surface area contributed by atoms with Gasteiger partial charge in [-0.2, -0.15) is 0 Å². The van der Waals surface area contributed by atoms with Crippen molar-refractivity contribution < 1.29 is 87.8 Å². The first kappa shape index (κ1) is 51.7. The van der Waals surface area contributed by atoms with E-state index < -0.39 is 146 Å². The van der Waals surface area contributed by atoms with Gasteiger partial charge in [0, 0.05) is 19.8 Å². The fraction of sp³-hybridized carbons (Fsp3) is 0.500. The zero-order chi connectivity index (χ0) is 46.7. The predicted octanol–water partition coefficient (Wildman–Crippen LogP) is -3.56. The standard InChI is InChI=1S/C36H49N7O18/c1-15(2)11-21(29(37)51)41-33(55)22(12-18-5-7-19(8-6-18)61-28(35(57)58)36(59)60)43-31(53)20(9-10-25(45)46)40-34(56)24(14-27(49)50)42-30(52)16(3)38-32(54)23(13-26(47)48)39-17(4)44/h5-8,15-16,20-24,28H,9-14H2,1-4H3,(H2,37,51)(H,38,54)(H,39,44)(H,40,56)(H,41,55)(H,42,52)(H,43,53)(H,45,46)(H,47,48)(H,49,50)(H,57,58)(H,59,60)/t16-,20-,21-,22-,23-,24-/m0/s1. The fourth-order valence-electron chi connectivity index (χ4n) is 5.25. The molecule has 0 unspecified atom stereocenters. The molecule has 0 aliphatic heterocycles. The zero-order valence-corrected chi connectivity index (χ0v) is 33.3. The lowest BCUT2D eigenvalue weighted by atomic mass is 10.0. The van der Waals surface area contributed by atoms with Crippen molar-refractivity contribution in [3.63, 3.8) is 0 Å². The molecule has 6 atom stereocenters. The van der Waals surface area contributed by atoms with E-state index in [1.54, 1.807) is 13.8 Å². The van der Waals surface area contributed by atoms with Crippen molar-refractivity contribution in [2.45, 2.75) is 109 Å². The Balaban J connectivity index is 3.46. The molecule has 0 heterocycles. The summed E-state index contributed by atoms with van der Waals surface area (Å²) >= 11 is 0. The van der Waals surface area contributed by atoms with Crippen LogP contribution in [-0.2, 0) is 64.0 Å². The minimum Gasteiger partial charge on any atom is -0.481 e. The fourth-order valence-corrected chi connectivity index (χ4v) is 5.25. The van der Waals surface area contributed by atoms with Crippen LogP contribution in [0.2, 0.25) is 0 Å². The summed E-state index contributed by atoms with van der Waals surface area (Å²) in [5.74, 6) is -16.1.